The molecule has 0 saturated heterocycles. The van der Waals surface area contributed by atoms with Gasteiger partial charge in [0.1, 0.15) is 5.82 Å². The number of rotatable bonds is 6. The molecule has 2 N–H and O–H groups in total. The SMILES string of the molecule is Cc1cc(NC(=O)C(=O)NCCC(c2ccccc2)c2ccccc2)n(C2=NC(=O)C3CCCCC3=N2)n1. The Labute approximate surface area is 221 Å². The van der Waals surface area contributed by atoms with Gasteiger partial charge in [-0.05, 0) is 43.7 Å². The monoisotopic (exact) mass is 510 g/mol. The molecule has 1 fully saturated rings. The molecule has 38 heavy (non-hydrogen) atoms. The highest BCUT2D eigenvalue weighted by molar-refractivity contribution is 6.39. The number of nitrogens with one attached hydrogen (secondary N) is 2. The zero-order valence-corrected chi connectivity index (χ0v) is 21.3. The Balaban J connectivity index is 1.24. The summed E-state index contributed by atoms with van der Waals surface area (Å²) in [5.74, 6) is -1.65. The number of benzene rings is 2. The van der Waals surface area contributed by atoms with E-state index < -0.39 is 11.8 Å². The van der Waals surface area contributed by atoms with E-state index in [2.05, 4.69) is 50.0 Å². The first-order valence-corrected chi connectivity index (χ1v) is 13.0. The van der Waals surface area contributed by atoms with Crippen molar-refractivity contribution >= 4 is 35.2 Å². The number of aromatic nitrogens is 2. The van der Waals surface area contributed by atoms with Gasteiger partial charge < -0.3 is 10.6 Å². The van der Waals surface area contributed by atoms with E-state index in [0.717, 1.165) is 42.5 Å². The van der Waals surface area contributed by atoms with Crippen molar-refractivity contribution in [2.75, 3.05) is 11.9 Å². The van der Waals surface area contributed by atoms with Crippen molar-refractivity contribution in [3.63, 3.8) is 0 Å². The lowest BCUT2D eigenvalue weighted by atomic mass is 9.86. The van der Waals surface area contributed by atoms with E-state index in [9.17, 15) is 14.4 Å². The van der Waals surface area contributed by atoms with Crippen LogP contribution in [0.25, 0.3) is 0 Å². The average Bonchev–Trinajstić information content (AvgIpc) is 3.31. The molecule has 2 aromatic carbocycles. The number of aryl methyl sites for hydroxylation is 1. The molecule has 0 radical (unpaired) electrons. The van der Waals surface area contributed by atoms with Crippen LogP contribution in [0.2, 0.25) is 0 Å². The highest BCUT2D eigenvalue weighted by Crippen LogP contribution is 2.28. The Hall–Kier alpha value is -4.40. The number of hydrogen-bond acceptors (Lipinski definition) is 5. The van der Waals surface area contributed by atoms with Crippen LogP contribution in [0, 0.1) is 12.8 Å². The van der Waals surface area contributed by atoms with Crippen LogP contribution < -0.4 is 10.6 Å². The highest BCUT2D eigenvalue weighted by atomic mass is 16.2. The molecule has 3 aromatic rings. The summed E-state index contributed by atoms with van der Waals surface area (Å²) in [5, 5.41) is 9.69. The molecule has 3 amide bonds. The lowest BCUT2D eigenvalue weighted by Gasteiger charge is -2.24. The van der Waals surface area contributed by atoms with Gasteiger partial charge in [0, 0.05) is 24.2 Å². The maximum atomic E-state index is 12.8. The molecule has 194 valence electrons. The molecule has 1 aliphatic carbocycles. The topological polar surface area (TPSA) is 118 Å². The van der Waals surface area contributed by atoms with Crippen LogP contribution in [0.15, 0.2) is 76.7 Å². The van der Waals surface area contributed by atoms with Crippen molar-refractivity contribution < 1.29 is 14.4 Å². The first-order valence-electron chi connectivity index (χ1n) is 13.0. The van der Waals surface area contributed by atoms with E-state index >= 15 is 0 Å². The molecule has 9 heteroatoms. The van der Waals surface area contributed by atoms with Crippen LogP contribution in [0.4, 0.5) is 5.82 Å². The molecule has 2 aliphatic rings. The Kier molecular flexibility index (Phi) is 7.53. The third-order valence-corrected chi connectivity index (χ3v) is 6.92. The van der Waals surface area contributed by atoms with Crippen molar-refractivity contribution in [2.24, 2.45) is 15.9 Å². The molecular weight excluding hydrogens is 480 g/mol. The Morgan fingerprint density at radius 3 is 2.34 bits per heavy atom. The molecule has 1 atom stereocenters. The largest absolute Gasteiger partial charge is 0.348 e. The van der Waals surface area contributed by atoms with Crippen molar-refractivity contribution in [1.29, 1.82) is 0 Å². The fourth-order valence-electron chi connectivity index (χ4n) is 5.04. The zero-order valence-electron chi connectivity index (χ0n) is 21.3. The van der Waals surface area contributed by atoms with Crippen molar-refractivity contribution in [3.05, 3.63) is 83.6 Å². The zero-order chi connectivity index (χ0) is 26.5. The fraction of sp³-hybridized carbons (Fsp3) is 0.310. The maximum Gasteiger partial charge on any atom is 0.314 e. The summed E-state index contributed by atoms with van der Waals surface area (Å²) in [4.78, 5) is 46.7. The van der Waals surface area contributed by atoms with Crippen molar-refractivity contribution in [3.8, 4) is 0 Å². The molecule has 1 saturated carbocycles. The van der Waals surface area contributed by atoms with Crippen molar-refractivity contribution in [2.45, 2.75) is 44.9 Å². The third kappa shape index (κ3) is 5.61. The molecule has 2 heterocycles. The smallest absolute Gasteiger partial charge is 0.314 e. The summed E-state index contributed by atoms with van der Waals surface area (Å²) >= 11 is 0. The minimum atomic E-state index is -0.826. The molecule has 1 unspecified atom stereocenters. The van der Waals surface area contributed by atoms with Gasteiger partial charge in [0.25, 0.3) is 11.9 Å². The van der Waals surface area contributed by atoms with Gasteiger partial charge in [0.15, 0.2) is 0 Å². The van der Waals surface area contributed by atoms with Gasteiger partial charge >= 0.3 is 11.8 Å². The first kappa shape index (κ1) is 25.3. The minimum Gasteiger partial charge on any atom is -0.348 e. The van der Waals surface area contributed by atoms with Gasteiger partial charge in [-0.3, -0.25) is 14.4 Å². The number of anilines is 1. The third-order valence-electron chi connectivity index (χ3n) is 6.92. The summed E-state index contributed by atoms with van der Waals surface area (Å²) in [6, 6.07) is 21.8. The molecule has 0 bridgehead atoms. The normalized spacial score (nSPS) is 16.9. The quantitative estimate of drug-likeness (QED) is 0.490. The maximum absolute atomic E-state index is 12.8. The Morgan fingerprint density at radius 2 is 1.66 bits per heavy atom. The number of carbonyl (C=O) groups is 3. The van der Waals surface area contributed by atoms with E-state index in [1.165, 1.54) is 4.68 Å². The van der Waals surface area contributed by atoms with Gasteiger partial charge in [0.2, 0.25) is 0 Å². The number of fused-ring (bicyclic) bond motifs is 1. The van der Waals surface area contributed by atoms with Crippen LogP contribution >= 0.6 is 0 Å². The van der Waals surface area contributed by atoms with Gasteiger partial charge in [-0.1, -0.05) is 67.1 Å². The second kappa shape index (κ2) is 11.3. The lowest BCUT2D eigenvalue weighted by molar-refractivity contribution is -0.136. The predicted molar refractivity (Wildman–Crippen MR) is 145 cm³/mol. The molecule has 9 nitrogen and oxygen atoms in total. The van der Waals surface area contributed by atoms with Crippen LogP contribution in [-0.4, -0.2) is 45.7 Å². The van der Waals surface area contributed by atoms with Crippen molar-refractivity contribution in [1.82, 2.24) is 15.1 Å². The average molecular weight is 511 g/mol. The number of amides is 3. The minimum absolute atomic E-state index is 0.0782. The predicted octanol–water partition coefficient (Wildman–Crippen LogP) is 3.84. The lowest BCUT2D eigenvalue weighted by Crippen LogP contribution is -2.37. The Bertz CT molecular complexity index is 1350. The van der Waals surface area contributed by atoms with E-state index in [1.807, 2.05) is 36.4 Å². The van der Waals surface area contributed by atoms with Gasteiger partial charge in [-0.25, -0.2) is 4.99 Å². The van der Waals surface area contributed by atoms with Crippen LogP contribution in [0.1, 0.15) is 54.8 Å². The Morgan fingerprint density at radius 1 is 0.974 bits per heavy atom. The molecule has 0 spiro atoms. The molecular formula is C29H30N6O3. The summed E-state index contributed by atoms with van der Waals surface area (Å²) in [7, 11) is 0. The fourth-order valence-corrected chi connectivity index (χ4v) is 5.04. The standard InChI is InChI=1S/C29H30N6O3/c1-19-18-25(35(34-19)29-31-24-15-9-8-14-23(24)26(36)33-29)32-28(38)27(37)30-17-16-22(20-10-4-2-5-11-20)21-12-6-3-7-13-21/h2-7,10-13,18,22-23H,8-9,14-17H2,1H3,(H,30,37)(H,32,38). The van der Waals surface area contributed by atoms with E-state index in [1.54, 1.807) is 13.0 Å². The number of aliphatic imine (C=N–C) groups is 2. The summed E-state index contributed by atoms with van der Waals surface area (Å²) in [6.07, 6.45) is 4.09. The number of carbonyl (C=O) groups excluding carboxylic acids is 3. The van der Waals surface area contributed by atoms with Crippen LogP contribution in [0.3, 0.4) is 0 Å². The summed E-state index contributed by atoms with van der Waals surface area (Å²) in [5.41, 5.74) is 3.68. The summed E-state index contributed by atoms with van der Waals surface area (Å²) in [6.45, 7) is 2.07. The van der Waals surface area contributed by atoms with E-state index in [4.69, 9.17) is 0 Å². The molecule has 5 rings (SSSR count). The summed E-state index contributed by atoms with van der Waals surface area (Å²) < 4.78 is 1.32. The van der Waals surface area contributed by atoms with Crippen LogP contribution in [-0.2, 0) is 14.4 Å². The first-order chi connectivity index (χ1) is 18.5. The highest BCUT2D eigenvalue weighted by Gasteiger charge is 2.32. The number of hydrogen-bond donors (Lipinski definition) is 2. The molecule has 1 aliphatic heterocycles. The van der Waals surface area contributed by atoms with Gasteiger partial charge in [-0.15, -0.1) is 0 Å². The van der Waals surface area contributed by atoms with Crippen LogP contribution in [0.5, 0.6) is 0 Å². The number of nitrogens with zero attached hydrogens (tertiary/aromatic N) is 4. The second-order valence-electron chi connectivity index (χ2n) is 9.61. The van der Waals surface area contributed by atoms with Gasteiger partial charge in [-0.2, -0.15) is 14.8 Å². The second-order valence-corrected chi connectivity index (χ2v) is 9.61. The van der Waals surface area contributed by atoms with Gasteiger partial charge in [0.05, 0.1) is 11.6 Å². The van der Waals surface area contributed by atoms with E-state index in [0.29, 0.717) is 18.7 Å². The van der Waals surface area contributed by atoms with E-state index in [-0.39, 0.29) is 29.5 Å². The molecule has 1 aromatic heterocycles.